The Morgan fingerprint density at radius 1 is 1.11 bits per heavy atom. The maximum Gasteiger partial charge on any atom is 0.118 e. The summed E-state index contributed by atoms with van der Waals surface area (Å²) in [5.41, 5.74) is 1.49. The van der Waals surface area contributed by atoms with Gasteiger partial charge in [-0.25, -0.2) is 0 Å². The maximum atomic E-state index is 10.9. The first-order valence-corrected chi connectivity index (χ1v) is 11.2. The first kappa shape index (κ1) is 18.8. The van der Waals surface area contributed by atoms with Crippen LogP contribution in [0, 0.1) is 0 Å². The molecule has 1 unspecified atom stereocenters. The van der Waals surface area contributed by atoms with Crippen LogP contribution in [0.15, 0.2) is 90.4 Å². The molecule has 0 saturated carbocycles. The summed E-state index contributed by atoms with van der Waals surface area (Å²) in [6.45, 7) is 0. The van der Waals surface area contributed by atoms with E-state index in [1.54, 1.807) is 17.6 Å². The smallest absolute Gasteiger partial charge is 0.118 e. The van der Waals surface area contributed by atoms with Gasteiger partial charge in [-0.1, -0.05) is 63.6 Å². The Balaban J connectivity index is 1.74. The van der Waals surface area contributed by atoms with Crippen LogP contribution in [0.4, 0.5) is 0 Å². The third-order valence-electron chi connectivity index (χ3n) is 4.47. The van der Waals surface area contributed by atoms with Gasteiger partial charge in [-0.2, -0.15) is 11.3 Å². The number of thioether (sulfide) groups is 1. The molecule has 1 aliphatic rings. The zero-order valence-corrected chi connectivity index (χ0v) is 18.1. The third kappa shape index (κ3) is 3.74. The van der Waals surface area contributed by atoms with E-state index in [4.69, 9.17) is 16.6 Å². The minimum atomic E-state index is -0.627. The van der Waals surface area contributed by atoms with E-state index >= 15 is 0 Å². The normalized spacial score (nSPS) is 19.5. The third-order valence-corrected chi connectivity index (χ3v) is 7.22. The first-order chi connectivity index (χ1) is 13.1. The summed E-state index contributed by atoms with van der Waals surface area (Å²) < 4.78 is 0.990. The van der Waals surface area contributed by atoms with Gasteiger partial charge in [0.05, 0.1) is 9.93 Å². The molecule has 0 aliphatic carbocycles. The lowest BCUT2D eigenvalue weighted by Gasteiger charge is -2.33. The number of hydrogen-bond donors (Lipinski definition) is 1. The second kappa shape index (κ2) is 7.84. The summed E-state index contributed by atoms with van der Waals surface area (Å²) in [4.78, 5) is 6.58. The first-order valence-electron chi connectivity index (χ1n) is 8.27. The molecule has 1 aliphatic heterocycles. The van der Waals surface area contributed by atoms with Crippen molar-refractivity contribution in [1.82, 2.24) is 0 Å². The molecule has 1 N–H and O–H groups in total. The highest BCUT2D eigenvalue weighted by Crippen LogP contribution is 2.45. The predicted molar refractivity (Wildman–Crippen MR) is 119 cm³/mol. The molecule has 27 heavy (non-hydrogen) atoms. The number of hydrogen-bond acceptors (Lipinski definition) is 4. The molecule has 2 heterocycles. The molecule has 0 radical (unpaired) electrons. The summed E-state index contributed by atoms with van der Waals surface area (Å²) in [7, 11) is 0. The number of aliphatic imine (C=N–C) groups is 1. The topological polar surface area (TPSA) is 32.6 Å². The van der Waals surface area contributed by atoms with Crippen molar-refractivity contribution >= 4 is 56.8 Å². The van der Waals surface area contributed by atoms with Crippen LogP contribution in [-0.4, -0.2) is 11.3 Å². The van der Waals surface area contributed by atoms with Crippen molar-refractivity contribution in [1.29, 1.82) is 0 Å². The molecule has 0 bridgehead atoms. The molecule has 2 aromatic carbocycles. The Kier molecular flexibility index (Phi) is 5.46. The standard InChI is InChI=1S/C21H15BrClNOS2/c22-16-5-3-4-14(10-16)21(15-8-9-26-13-15)11-18(25)20(12-24-21)27-19-7-2-1-6-17(19)23/h1-10,12-13,25H,11H2. The number of halogens is 2. The molecule has 136 valence electrons. The van der Waals surface area contributed by atoms with Gasteiger partial charge in [0.15, 0.2) is 0 Å². The molecule has 3 aromatic rings. The summed E-state index contributed by atoms with van der Waals surface area (Å²) in [6, 6.07) is 17.8. The van der Waals surface area contributed by atoms with E-state index in [0.717, 1.165) is 25.4 Å². The Bertz CT molecular complexity index is 1030. The summed E-state index contributed by atoms with van der Waals surface area (Å²) >= 11 is 12.9. The van der Waals surface area contributed by atoms with Gasteiger partial charge < -0.3 is 5.11 Å². The fourth-order valence-electron chi connectivity index (χ4n) is 3.12. The minimum absolute atomic E-state index is 0.320. The van der Waals surface area contributed by atoms with Crippen molar-refractivity contribution in [2.45, 2.75) is 16.9 Å². The fraction of sp³-hybridized carbons (Fsp3) is 0.0952. The van der Waals surface area contributed by atoms with E-state index in [2.05, 4.69) is 39.5 Å². The van der Waals surface area contributed by atoms with Gasteiger partial charge >= 0.3 is 0 Å². The maximum absolute atomic E-state index is 10.9. The minimum Gasteiger partial charge on any atom is -0.511 e. The zero-order valence-electron chi connectivity index (χ0n) is 14.1. The van der Waals surface area contributed by atoms with E-state index < -0.39 is 5.54 Å². The molecule has 1 atom stereocenters. The number of nitrogens with zero attached hydrogens (tertiary/aromatic N) is 1. The van der Waals surface area contributed by atoms with Gasteiger partial charge in [-0.05, 0) is 52.2 Å². The predicted octanol–water partition coefficient (Wildman–Crippen LogP) is 7.44. The molecule has 0 saturated heterocycles. The van der Waals surface area contributed by atoms with Gasteiger partial charge in [0.25, 0.3) is 0 Å². The molecule has 2 nitrogen and oxygen atoms in total. The number of allylic oxidation sites excluding steroid dienone is 1. The number of aliphatic hydroxyl groups is 1. The quantitative estimate of drug-likeness (QED) is 0.424. The van der Waals surface area contributed by atoms with Gasteiger partial charge in [0.1, 0.15) is 11.3 Å². The monoisotopic (exact) mass is 475 g/mol. The molecule has 6 heteroatoms. The van der Waals surface area contributed by atoms with Crippen LogP contribution >= 0.6 is 50.6 Å². The van der Waals surface area contributed by atoms with Crippen molar-refractivity contribution in [2.24, 2.45) is 4.99 Å². The molecular weight excluding hydrogens is 462 g/mol. The van der Waals surface area contributed by atoms with Crippen molar-refractivity contribution in [3.63, 3.8) is 0 Å². The van der Waals surface area contributed by atoms with Crippen molar-refractivity contribution < 1.29 is 5.11 Å². The lowest BCUT2D eigenvalue weighted by Crippen LogP contribution is -2.28. The van der Waals surface area contributed by atoms with Crippen LogP contribution in [0.3, 0.4) is 0 Å². The van der Waals surface area contributed by atoms with Gasteiger partial charge in [-0.15, -0.1) is 0 Å². The Labute approximate surface area is 179 Å². The molecule has 0 spiro atoms. The van der Waals surface area contributed by atoms with Gasteiger partial charge in [-0.3, -0.25) is 4.99 Å². The lowest BCUT2D eigenvalue weighted by atomic mass is 9.80. The Morgan fingerprint density at radius 2 is 1.96 bits per heavy atom. The van der Waals surface area contributed by atoms with Crippen LogP contribution in [0.25, 0.3) is 0 Å². The number of thiophene rings is 1. The van der Waals surface area contributed by atoms with E-state index in [-0.39, 0.29) is 0 Å². The number of benzene rings is 2. The lowest BCUT2D eigenvalue weighted by molar-refractivity contribution is 0.344. The average molecular weight is 477 g/mol. The second-order valence-electron chi connectivity index (χ2n) is 6.16. The highest BCUT2D eigenvalue weighted by molar-refractivity contribution is 9.10. The number of aliphatic hydroxyl groups excluding tert-OH is 1. The average Bonchev–Trinajstić information content (AvgIpc) is 3.20. The molecule has 0 amide bonds. The fourth-order valence-corrected chi connectivity index (χ4v) is 5.33. The molecular formula is C21H15BrClNOS2. The van der Waals surface area contributed by atoms with E-state index in [1.165, 1.54) is 11.8 Å². The Morgan fingerprint density at radius 3 is 2.67 bits per heavy atom. The highest BCUT2D eigenvalue weighted by Gasteiger charge is 2.38. The summed E-state index contributed by atoms with van der Waals surface area (Å²) in [6.07, 6.45) is 2.18. The molecule has 0 fully saturated rings. The van der Waals surface area contributed by atoms with Crippen molar-refractivity contribution in [3.05, 3.63) is 96.6 Å². The number of dihydropyridines is 1. The van der Waals surface area contributed by atoms with Crippen LogP contribution < -0.4 is 0 Å². The van der Waals surface area contributed by atoms with Crippen LogP contribution in [0.5, 0.6) is 0 Å². The largest absolute Gasteiger partial charge is 0.511 e. The molecule has 1 aromatic heterocycles. The van der Waals surface area contributed by atoms with E-state index in [9.17, 15) is 5.11 Å². The van der Waals surface area contributed by atoms with Gasteiger partial charge in [0.2, 0.25) is 0 Å². The SMILES string of the molecule is OC1=C(Sc2ccccc2Cl)C=NC(c2ccsc2)(c2cccc(Br)c2)C1. The highest BCUT2D eigenvalue weighted by atomic mass is 79.9. The van der Waals surface area contributed by atoms with Crippen molar-refractivity contribution in [2.75, 3.05) is 0 Å². The molecule has 4 rings (SSSR count). The second-order valence-corrected chi connectivity index (χ2v) is 9.35. The summed E-state index contributed by atoms with van der Waals surface area (Å²) in [5, 5.41) is 15.7. The van der Waals surface area contributed by atoms with E-state index in [1.807, 2.05) is 41.8 Å². The summed E-state index contributed by atoms with van der Waals surface area (Å²) in [5.74, 6) is 0.320. The van der Waals surface area contributed by atoms with Crippen LogP contribution in [0.2, 0.25) is 5.02 Å². The van der Waals surface area contributed by atoms with Crippen LogP contribution in [-0.2, 0) is 5.54 Å². The van der Waals surface area contributed by atoms with Gasteiger partial charge in [0, 0.05) is 22.0 Å². The zero-order chi connectivity index (χ0) is 18.9. The van der Waals surface area contributed by atoms with Crippen LogP contribution in [0.1, 0.15) is 17.5 Å². The van der Waals surface area contributed by atoms with E-state index in [0.29, 0.717) is 17.2 Å². The Hall–Kier alpha value is -1.53. The van der Waals surface area contributed by atoms with Crippen molar-refractivity contribution in [3.8, 4) is 0 Å². The number of rotatable bonds is 4.